The van der Waals surface area contributed by atoms with Crippen molar-refractivity contribution in [1.82, 2.24) is 0 Å². The maximum Gasteiger partial charge on any atom is 0.279 e. The smallest absolute Gasteiger partial charge is 0.279 e. The van der Waals surface area contributed by atoms with Crippen LogP contribution in [0.15, 0.2) is 40.9 Å². The molecular weight excluding hydrogens is 384 g/mol. The molecule has 1 amide bonds. The molecule has 0 radical (unpaired) electrons. The average molecular weight is 408 g/mol. The van der Waals surface area contributed by atoms with Gasteiger partial charge in [-0.2, -0.15) is 0 Å². The minimum Gasteiger partial charge on any atom is -0.497 e. The Labute approximate surface area is 157 Å². The molecule has 0 aromatic heterocycles. The Balaban J connectivity index is 1.97. The number of carbonyl (C=O) groups excluding carboxylic acids is 1. The Hall–Kier alpha value is -2.05. The molecule has 2 aromatic carbocycles. The van der Waals surface area contributed by atoms with E-state index in [9.17, 15) is 4.79 Å². The van der Waals surface area contributed by atoms with Crippen LogP contribution in [0.4, 0.5) is 5.69 Å². The van der Waals surface area contributed by atoms with Crippen molar-refractivity contribution in [3.8, 4) is 11.5 Å². The van der Waals surface area contributed by atoms with Crippen molar-refractivity contribution in [3.63, 3.8) is 0 Å². The molecule has 0 saturated carbocycles. The Bertz CT molecular complexity index is 749. The quantitative estimate of drug-likeness (QED) is 0.740. The van der Waals surface area contributed by atoms with Crippen molar-refractivity contribution < 1.29 is 19.2 Å². The van der Waals surface area contributed by atoms with Crippen LogP contribution in [0.1, 0.15) is 11.1 Å². The molecule has 1 unspecified atom stereocenters. The summed E-state index contributed by atoms with van der Waals surface area (Å²) >= 11 is 3.48. The van der Waals surface area contributed by atoms with E-state index in [4.69, 9.17) is 9.47 Å². The molecular formula is C19H24BrN2O3+. The summed E-state index contributed by atoms with van der Waals surface area (Å²) in [6.07, 6.45) is 0. The number of rotatable bonds is 7. The van der Waals surface area contributed by atoms with Gasteiger partial charge in [-0.3, -0.25) is 4.79 Å². The summed E-state index contributed by atoms with van der Waals surface area (Å²) in [7, 11) is 5.24. The number of carbonyl (C=O) groups is 1. The molecule has 0 bridgehead atoms. The lowest BCUT2D eigenvalue weighted by atomic mass is 10.1. The lowest BCUT2D eigenvalue weighted by Crippen LogP contribution is -3.08. The van der Waals surface area contributed by atoms with E-state index >= 15 is 0 Å². The van der Waals surface area contributed by atoms with Crippen molar-refractivity contribution in [3.05, 3.63) is 52.0 Å². The lowest BCUT2D eigenvalue weighted by Gasteiger charge is -2.16. The zero-order chi connectivity index (χ0) is 18.4. The molecule has 0 saturated heterocycles. The molecule has 0 spiro atoms. The van der Waals surface area contributed by atoms with Gasteiger partial charge in [0.15, 0.2) is 6.54 Å². The van der Waals surface area contributed by atoms with Gasteiger partial charge in [-0.05, 0) is 52.7 Å². The number of methoxy groups -OCH3 is 2. The zero-order valence-electron chi connectivity index (χ0n) is 15.0. The number of halogens is 1. The Kier molecular flexibility index (Phi) is 6.84. The van der Waals surface area contributed by atoms with E-state index < -0.39 is 0 Å². The van der Waals surface area contributed by atoms with Crippen LogP contribution in [0.25, 0.3) is 0 Å². The third kappa shape index (κ3) is 5.47. The summed E-state index contributed by atoms with van der Waals surface area (Å²) in [5.41, 5.74) is 2.95. The van der Waals surface area contributed by atoms with E-state index in [-0.39, 0.29) is 5.91 Å². The number of hydrogen-bond donors (Lipinski definition) is 2. The lowest BCUT2D eigenvalue weighted by molar-refractivity contribution is -0.885. The number of likely N-dealkylation sites (N-methyl/N-ethyl adjacent to an activating group) is 1. The van der Waals surface area contributed by atoms with E-state index in [1.807, 2.05) is 50.4 Å². The van der Waals surface area contributed by atoms with Crippen molar-refractivity contribution in [2.45, 2.75) is 13.5 Å². The van der Waals surface area contributed by atoms with Gasteiger partial charge in [0, 0.05) is 16.1 Å². The number of nitrogens with one attached hydrogen (secondary N) is 2. The number of amides is 1. The molecule has 0 aliphatic carbocycles. The second kappa shape index (κ2) is 8.87. The number of aryl methyl sites for hydroxylation is 1. The van der Waals surface area contributed by atoms with Gasteiger partial charge in [0.05, 0.1) is 27.0 Å². The van der Waals surface area contributed by atoms with Gasteiger partial charge in [-0.25, -0.2) is 0 Å². The summed E-state index contributed by atoms with van der Waals surface area (Å²) in [4.78, 5) is 13.4. The average Bonchev–Trinajstić information content (AvgIpc) is 2.57. The van der Waals surface area contributed by atoms with Crippen LogP contribution in [0, 0.1) is 6.92 Å². The molecule has 134 valence electrons. The maximum atomic E-state index is 12.3. The van der Waals surface area contributed by atoms with Crippen LogP contribution in [-0.2, 0) is 11.3 Å². The monoisotopic (exact) mass is 407 g/mol. The Morgan fingerprint density at radius 1 is 1.16 bits per heavy atom. The minimum atomic E-state index is -0.0328. The van der Waals surface area contributed by atoms with E-state index in [1.165, 1.54) is 0 Å². The third-order valence-electron chi connectivity index (χ3n) is 3.85. The molecule has 0 aliphatic heterocycles. The minimum absolute atomic E-state index is 0.0328. The van der Waals surface area contributed by atoms with E-state index in [2.05, 4.69) is 21.2 Å². The third-order valence-corrected chi connectivity index (χ3v) is 4.50. The van der Waals surface area contributed by atoms with Crippen LogP contribution in [0.3, 0.4) is 0 Å². The SMILES string of the molecule is COc1ccc(C[NH+](C)CC(=O)Nc2ccc(C)cc2Br)c(OC)c1. The molecule has 0 fully saturated rings. The van der Waals surface area contributed by atoms with Crippen LogP contribution >= 0.6 is 15.9 Å². The predicted octanol–water partition coefficient (Wildman–Crippen LogP) is 2.43. The zero-order valence-corrected chi connectivity index (χ0v) is 16.6. The molecule has 25 heavy (non-hydrogen) atoms. The van der Waals surface area contributed by atoms with Gasteiger partial charge < -0.3 is 19.7 Å². The largest absolute Gasteiger partial charge is 0.497 e. The molecule has 2 aromatic rings. The van der Waals surface area contributed by atoms with E-state index in [1.54, 1.807) is 14.2 Å². The maximum absolute atomic E-state index is 12.3. The first-order chi connectivity index (χ1) is 11.9. The summed E-state index contributed by atoms with van der Waals surface area (Å²) in [6, 6.07) is 11.6. The second-order valence-corrected chi connectivity index (χ2v) is 6.87. The first-order valence-corrected chi connectivity index (χ1v) is 8.80. The number of benzene rings is 2. The van der Waals surface area contributed by atoms with Crippen LogP contribution < -0.4 is 19.7 Å². The van der Waals surface area contributed by atoms with Crippen molar-refractivity contribution in [2.75, 3.05) is 33.1 Å². The predicted molar refractivity (Wildman–Crippen MR) is 103 cm³/mol. The first kappa shape index (κ1) is 19.3. The summed E-state index contributed by atoms with van der Waals surface area (Å²) in [5.74, 6) is 1.48. The van der Waals surface area contributed by atoms with Gasteiger partial charge in [0.1, 0.15) is 18.0 Å². The highest BCUT2D eigenvalue weighted by molar-refractivity contribution is 9.10. The van der Waals surface area contributed by atoms with Gasteiger partial charge >= 0.3 is 0 Å². The first-order valence-electron chi connectivity index (χ1n) is 8.01. The summed E-state index contributed by atoms with van der Waals surface area (Å²) in [6.45, 7) is 3.04. The van der Waals surface area contributed by atoms with Gasteiger partial charge in [-0.15, -0.1) is 0 Å². The normalized spacial score (nSPS) is 11.7. The van der Waals surface area contributed by atoms with Gasteiger partial charge in [0.2, 0.25) is 0 Å². The van der Waals surface area contributed by atoms with E-state index in [0.29, 0.717) is 13.1 Å². The molecule has 0 aliphatic rings. The van der Waals surface area contributed by atoms with Gasteiger partial charge in [-0.1, -0.05) is 6.07 Å². The van der Waals surface area contributed by atoms with Crippen LogP contribution in [0.5, 0.6) is 11.5 Å². The molecule has 5 nitrogen and oxygen atoms in total. The number of hydrogen-bond acceptors (Lipinski definition) is 3. The van der Waals surface area contributed by atoms with Crippen molar-refractivity contribution in [2.24, 2.45) is 0 Å². The summed E-state index contributed by atoms with van der Waals surface area (Å²) in [5, 5.41) is 2.94. The standard InChI is InChI=1S/C19H23BrN2O3/c1-13-5-8-17(16(20)9-13)21-19(23)12-22(2)11-14-6-7-15(24-3)10-18(14)25-4/h5-10H,11-12H2,1-4H3,(H,21,23)/p+1. The number of quaternary nitrogens is 1. The highest BCUT2D eigenvalue weighted by Gasteiger charge is 2.15. The van der Waals surface area contributed by atoms with Crippen molar-refractivity contribution >= 4 is 27.5 Å². The topological polar surface area (TPSA) is 52.0 Å². The van der Waals surface area contributed by atoms with Crippen LogP contribution in [-0.4, -0.2) is 33.7 Å². The molecule has 2 rings (SSSR count). The van der Waals surface area contributed by atoms with Gasteiger partial charge in [0.25, 0.3) is 5.91 Å². The summed E-state index contributed by atoms with van der Waals surface area (Å²) < 4.78 is 11.5. The highest BCUT2D eigenvalue weighted by atomic mass is 79.9. The fourth-order valence-corrected chi connectivity index (χ4v) is 3.17. The molecule has 6 heteroatoms. The Morgan fingerprint density at radius 2 is 1.92 bits per heavy atom. The number of ether oxygens (including phenoxy) is 2. The highest BCUT2D eigenvalue weighted by Crippen LogP contribution is 2.24. The van der Waals surface area contributed by atoms with Crippen LogP contribution in [0.2, 0.25) is 0 Å². The molecule has 2 N–H and O–H groups in total. The van der Waals surface area contributed by atoms with Crippen molar-refractivity contribution in [1.29, 1.82) is 0 Å². The Morgan fingerprint density at radius 3 is 2.56 bits per heavy atom. The fraction of sp³-hybridized carbons (Fsp3) is 0.316. The fourth-order valence-electron chi connectivity index (χ4n) is 2.58. The number of anilines is 1. The van der Waals surface area contributed by atoms with E-state index in [0.717, 1.165) is 37.7 Å². The second-order valence-electron chi connectivity index (χ2n) is 6.02. The molecule has 1 atom stereocenters. The molecule has 0 heterocycles.